The quantitative estimate of drug-likeness (QED) is 0.181. The molecule has 0 aliphatic heterocycles. The van der Waals surface area contributed by atoms with Gasteiger partial charge in [-0.1, -0.05) is 103 Å². The predicted octanol–water partition coefficient (Wildman–Crippen LogP) is 10.5. The van der Waals surface area contributed by atoms with Crippen molar-refractivity contribution in [1.82, 2.24) is 24.9 Å². The van der Waals surface area contributed by atoms with E-state index in [0.29, 0.717) is 0 Å². The van der Waals surface area contributed by atoms with Crippen LogP contribution in [0.1, 0.15) is 0 Å². The van der Waals surface area contributed by atoms with Gasteiger partial charge in [0.2, 0.25) is 0 Å². The van der Waals surface area contributed by atoms with Crippen LogP contribution in [0.25, 0.3) is 89.0 Å². The average Bonchev–Trinajstić information content (AvgIpc) is 3.18. The molecule has 4 aromatic carbocycles. The van der Waals surface area contributed by atoms with E-state index < -0.39 is 0 Å². The minimum atomic E-state index is 0.789. The molecule has 5 heteroatoms. The monoisotopic (exact) mass is 613 g/mol. The summed E-state index contributed by atoms with van der Waals surface area (Å²) in [6.07, 6.45) is 3.59. The molecular formula is C43H27N5. The van der Waals surface area contributed by atoms with Gasteiger partial charge in [-0.15, -0.1) is 0 Å². The molecule has 5 heterocycles. The maximum Gasteiger partial charge on any atom is 0.0900 e. The minimum absolute atomic E-state index is 0.789. The minimum Gasteiger partial charge on any atom is -0.255 e. The first kappa shape index (κ1) is 27.7. The number of pyridine rings is 5. The number of benzene rings is 4. The SMILES string of the molecule is c1ccc(-c2ccc3ccc4c5ccc(-c6cc(-c7ccccn7)nc(-c7ccccn7)c6)cc5nc(-c5ccccc5)c4c3n2)cc1. The van der Waals surface area contributed by atoms with Crippen molar-refractivity contribution in [2.24, 2.45) is 0 Å². The van der Waals surface area contributed by atoms with E-state index in [2.05, 4.69) is 101 Å². The Balaban J connectivity index is 1.29. The van der Waals surface area contributed by atoms with Crippen LogP contribution in [0.4, 0.5) is 0 Å². The molecule has 0 amide bonds. The van der Waals surface area contributed by atoms with Crippen LogP contribution in [-0.4, -0.2) is 24.9 Å². The summed E-state index contributed by atoms with van der Waals surface area (Å²) in [5, 5.41) is 4.33. The zero-order valence-corrected chi connectivity index (χ0v) is 25.8. The predicted molar refractivity (Wildman–Crippen MR) is 195 cm³/mol. The topological polar surface area (TPSA) is 64.5 Å². The second kappa shape index (κ2) is 11.6. The molecule has 0 N–H and O–H groups in total. The van der Waals surface area contributed by atoms with Gasteiger partial charge in [-0.3, -0.25) is 9.97 Å². The third-order valence-corrected chi connectivity index (χ3v) is 8.75. The van der Waals surface area contributed by atoms with Crippen LogP contribution in [0, 0.1) is 0 Å². The molecular weight excluding hydrogens is 587 g/mol. The van der Waals surface area contributed by atoms with E-state index in [4.69, 9.17) is 15.0 Å². The fourth-order valence-electron chi connectivity index (χ4n) is 6.42. The van der Waals surface area contributed by atoms with Crippen LogP contribution in [0.2, 0.25) is 0 Å². The molecule has 0 aliphatic carbocycles. The highest BCUT2D eigenvalue weighted by molar-refractivity contribution is 6.20. The highest BCUT2D eigenvalue weighted by atomic mass is 14.8. The van der Waals surface area contributed by atoms with Crippen molar-refractivity contribution in [3.05, 3.63) is 164 Å². The first-order valence-electron chi connectivity index (χ1n) is 15.9. The molecule has 5 nitrogen and oxygen atoms in total. The second-order valence-electron chi connectivity index (χ2n) is 11.7. The van der Waals surface area contributed by atoms with Gasteiger partial charge in [-0.05, 0) is 65.0 Å². The number of hydrogen-bond donors (Lipinski definition) is 0. The van der Waals surface area contributed by atoms with Gasteiger partial charge < -0.3 is 0 Å². The molecule has 0 radical (unpaired) electrons. The molecule has 0 bridgehead atoms. The fourth-order valence-corrected chi connectivity index (χ4v) is 6.42. The number of rotatable bonds is 5. The molecule has 0 aliphatic rings. The molecule has 5 aromatic heterocycles. The lowest BCUT2D eigenvalue weighted by Crippen LogP contribution is -1.95. The summed E-state index contributed by atoms with van der Waals surface area (Å²) in [6.45, 7) is 0. The van der Waals surface area contributed by atoms with Crippen LogP contribution >= 0.6 is 0 Å². The van der Waals surface area contributed by atoms with Crippen molar-refractivity contribution >= 4 is 32.6 Å². The molecule has 0 saturated carbocycles. The van der Waals surface area contributed by atoms with Gasteiger partial charge in [-0.25, -0.2) is 15.0 Å². The summed E-state index contributed by atoms with van der Waals surface area (Å²) < 4.78 is 0. The van der Waals surface area contributed by atoms with Crippen LogP contribution < -0.4 is 0 Å². The summed E-state index contributed by atoms with van der Waals surface area (Å²) in [4.78, 5) is 24.8. The van der Waals surface area contributed by atoms with Crippen molar-refractivity contribution in [3.8, 4) is 56.4 Å². The van der Waals surface area contributed by atoms with Gasteiger partial charge in [0.15, 0.2) is 0 Å². The number of fused-ring (bicyclic) bond motifs is 5. The highest BCUT2D eigenvalue weighted by Crippen LogP contribution is 2.39. The molecule has 224 valence electrons. The third kappa shape index (κ3) is 4.95. The number of aromatic nitrogens is 5. The first-order chi connectivity index (χ1) is 23.8. The Morgan fingerprint density at radius 1 is 0.354 bits per heavy atom. The van der Waals surface area contributed by atoms with E-state index in [1.54, 1.807) is 12.4 Å². The second-order valence-corrected chi connectivity index (χ2v) is 11.7. The smallest absolute Gasteiger partial charge is 0.0900 e. The molecule has 9 aromatic rings. The summed E-state index contributed by atoms with van der Waals surface area (Å²) >= 11 is 0. The van der Waals surface area contributed by atoms with Gasteiger partial charge in [0.05, 0.1) is 45.2 Å². The first-order valence-corrected chi connectivity index (χ1v) is 15.9. The summed E-state index contributed by atoms with van der Waals surface area (Å²) in [5.74, 6) is 0. The van der Waals surface area contributed by atoms with Crippen molar-refractivity contribution in [1.29, 1.82) is 0 Å². The van der Waals surface area contributed by atoms with Crippen LogP contribution in [0.3, 0.4) is 0 Å². The average molecular weight is 614 g/mol. The van der Waals surface area contributed by atoms with Crippen molar-refractivity contribution in [2.75, 3.05) is 0 Å². The van der Waals surface area contributed by atoms with E-state index in [0.717, 1.165) is 89.0 Å². The maximum atomic E-state index is 5.39. The van der Waals surface area contributed by atoms with E-state index in [1.807, 2.05) is 60.7 Å². The molecule has 0 spiro atoms. The molecule has 9 rings (SSSR count). The third-order valence-electron chi connectivity index (χ3n) is 8.75. The van der Waals surface area contributed by atoms with E-state index in [1.165, 1.54) is 0 Å². The Kier molecular flexibility index (Phi) is 6.72. The standard InChI is InChI=1S/C43H27N5/c1-3-11-28(12-4-1)35-22-19-30-17-21-34-33-20-18-31(25-38(33)48-42(41(34)43(30)47-35)29-13-5-2-6-14-29)32-26-39(36-15-7-9-23-44-36)46-40(27-32)37-16-8-10-24-45-37/h1-27H. The molecule has 0 saturated heterocycles. The highest BCUT2D eigenvalue weighted by Gasteiger charge is 2.17. The fraction of sp³-hybridized carbons (Fsp3) is 0. The van der Waals surface area contributed by atoms with Crippen molar-refractivity contribution in [2.45, 2.75) is 0 Å². The summed E-state index contributed by atoms with van der Waals surface area (Å²) in [7, 11) is 0. The summed E-state index contributed by atoms with van der Waals surface area (Å²) in [5.41, 5.74) is 11.1. The number of hydrogen-bond acceptors (Lipinski definition) is 5. The van der Waals surface area contributed by atoms with Crippen molar-refractivity contribution in [3.63, 3.8) is 0 Å². The Bertz CT molecular complexity index is 2530. The Morgan fingerprint density at radius 2 is 0.979 bits per heavy atom. The molecule has 0 unspecified atom stereocenters. The maximum absolute atomic E-state index is 5.39. The molecule has 0 fully saturated rings. The summed E-state index contributed by atoms with van der Waals surface area (Å²) in [6, 6.07) is 51.9. The van der Waals surface area contributed by atoms with Gasteiger partial charge in [0, 0.05) is 39.7 Å². The van der Waals surface area contributed by atoms with Crippen molar-refractivity contribution < 1.29 is 0 Å². The Hall–Kier alpha value is -6.59. The number of nitrogens with zero attached hydrogens (tertiary/aromatic N) is 5. The van der Waals surface area contributed by atoms with E-state index in [9.17, 15) is 0 Å². The lowest BCUT2D eigenvalue weighted by Gasteiger charge is -2.14. The zero-order valence-electron chi connectivity index (χ0n) is 25.8. The lowest BCUT2D eigenvalue weighted by atomic mass is 9.95. The van der Waals surface area contributed by atoms with Gasteiger partial charge in [0.25, 0.3) is 0 Å². The van der Waals surface area contributed by atoms with E-state index in [-0.39, 0.29) is 0 Å². The van der Waals surface area contributed by atoms with Gasteiger partial charge >= 0.3 is 0 Å². The lowest BCUT2D eigenvalue weighted by molar-refractivity contribution is 1.22. The van der Waals surface area contributed by atoms with Gasteiger partial charge in [0.1, 0.15) is 0 Å². The Morgan fingerprint density at radius 3 is 1.65 bits per heavy atom. The van der Waals surface area contributed by atoms with Crippen LogP contribution in [0.15, 0.2) is 164 Å². The molecule has 0 atom stereocenters. The van der Waals surface area contributed by atoms with Gasteiger partial charge in [-0.2, -0.15) is 0 Å². The van der Waals surface area contributed by atoms with Crippen LogP contribution in [0.5, 0.6) is 0 Å². The Labute approximate surface area is 277 Å². The molecule has 48 heavy (non-hydrogen) atoms. The zero-order chi connectivity index (χ0) is 31.9. The van der Waals surface area contributed by atoms with Crippen LogP contribution in [-0.2, 0) is 0 Å². The largest absolute Gasteiger partial charge is 0.255 e. The normalized spacial score (nSPS) is 11.3. The van der Waals surface area contributed by atoms with E-state index >= 15 is 0 Å².